The topological polar surface area (TPSA) is 45.7 Å². The third kappa shape index (κ3) is 4.74. The van der Waals surface area contributed by atoms with E-state index < -0.39 is 0 Å². The zero-order valence-corrected chi connectivity index (χ0v) is 12.9. The number of hydrogen-bond acceptors (Lipinski definition) is 3. The molecule has 1 aliphatic rings. The van der Waals surface area contributed by atoms with Crippen LogP contribution in [0, 0.1) is 0 Å². The molecule has 0 bridgehead atoms. The van der Waals surface area contributed by atoms with Crippen LogP contribution in [0.25, 0.3) is 0 Å². The number of halogens is 1. The van der Waals surface area contributed by atoms with Gasteiger partial charge in [0.05, 0.1) is 11.8 Å². The zero-order valence-electron chi connectivity index (χ0n) is 11.4. The second-order valence-corrected chi connectivity index (χ2v) is 5.51. The first-order chi connectivity index (χ1) is 9.65. The molecule has 0 aliphatic carbocycles. The molecule has 6 heteroatoms. The van der Waals surface area contributed by atoms with Crippen molar-refractivity contribution >= 4 is 34.6 Å². The van der Waals surface area contributed by atoms with Crippen molar-refractivity contribution in [3.8, 4) is 0 Å². The van der Waals surface area contributed by atoms with Crippen molar-refractivity contribution in [3.05, 3.63) is 34.9 Å². The molecule has 108 valence electrons. The van der Waals surface area contributed by atoms with Crippen molar-refractivity contribution < 1.29 is 4.74 Å². The summed E-state index contributed by atoms with van der Waals surface area (Å²) in [5.74, 6) is 0. The molecule has 1 fully saturated rings. The largest absolute Gasteiger partial charge is 0.376 e. The second kappa shape index (κ2) is 7.57. The van der Waals surface area contributed by atoms with Gasteiger partial charge in [-0.2, -0.15) is 5.10 Å². The molecule has 4 nitrogen and oxygen atoms in total. The van der Waals surface area contributed by atoms with Gasteiger partial charge in [0.1, 0.15) is 0 Å². The summed E-state index contributed by atoms with van der Waals surface area (Å²) in [5.41, 5.74) is 4.63. The summed E-state index contributed by atoms with van der Waals surface area (Å²) in [6.45, 7) is 3.47. The lowest BCUT2D eigenvalue weighted by atomic mass is 10.1. The van der Waals surface area contributed by atoms with E-state index in [0.717, 1.165) is 37.3 Å². The maximum absolute atomic E-state index is 5.95. The lowest BCUT2D eigenvalue weighted by Crippen LogP contribution is -2.37. The lowest BCUT2D eigenvalue weighted by molar-refractivity contribution is 0.114. The van der Waals surface area contributed by atoms with Crippen LogP contribution in [0.5, 0.6) is 0 Å². The minimum Gasteiger partial charge on any atom is -0.376 e. The Morgan fingerprint density at radius 3 is 3.10 bits per heavy atom. The van der Waals surface area contributed by atoms with Crippen LogP contribution in [-0.4, -0.2) is 30.1 Å². The van der Waals surface area contributed by atoms with Gasteiger partial charge in [-0.15, -0.1) is 0 Å². The molecule has 0 saturated carbocycles. The third-order valence-corrected chi connectivity index (χ3v) is 3.55. The fourth-order valence-electron chi connectivity index (χ4n) is 1.96. The van der Waals surface area contributed by atoms with Crippen molar-refractivity contribution in [1.29, 1.82) is 0 Å². The smallest absolute Gasteiger partial charge is 0.187 e. The molecule has 0 amide bonds. The van der Waals surface area contributed by atoms with Crippen LogP contribution in [0.3, 0.4) is 0 Å². The van der Waals surface area contributed by atoms with Crippen LogP contribution in [0.15, 0.2) is 29.4 Å². The van der Waals surface area contributed by atoms with E-state index in [1.54, 1.807) is 0 Å². The predicted octanol–water partition coefficient (Wildman–Crippen LogP) is 2.71. The number of ether oxygens (including phenoxy) is 1. The monoisotopic (exact) mass is 311 g/mol. The van der Waals surface area contributed by atoms with Gasteiger partial charge in [0.25, 0.3) is 0 Å². The summed E-state index contributed by atoms with van der Waals surface area (Å²) >= 11 is 11.1. The van der Waals surface area contributed by atoms with Gasteiger partial charge in [-0.25, -0.2) is 0 Å². The van der Waals surface area contributed by atoms with E-state index in [2.05, 4.69) is 15.8 Å². The SMILES string of the molecule is C/C(=N/NC(=S)NC[C@H]1CCCO1)c1cccc(Cl)c1. The highest BCUT2D eigenvalue weighted by Gasteiger charge is 2.15. The van der Waals surface area contributed by atoms with E-state index in [1.165, 1.54) is 0 Å². The van der Waals surface area contributed by atoms with E-state index in [9.17, 15) is 0 Å². The van der Waals surface area contributed by atoms with Gasteiger partial charge in [0, 0.05) is 18.2 Å². The lowest BCUT2D eigenvalue weighted by Gasteiger charge is -2.12. The summed E-state index contributed by atoms with van der Waals surface area (Å²) in [6.07, 6.45) is 2.46. The normalized spacial score (nSPS) is 18.9. The van der Waals surface area contributed by atoms with Gasteiger partial charge < -0.3 is 10.1 Å². The fraction of sp³-hybridized carbons (Fsp3) is 0.429. The van der Waals surface area contributed by atoms with E-state index in [-0.39, 0.29) is 6.10 Å². The highest BCUT2D eigenvalue weighted by Crippen LogP contribution is 2.11. The van der Waals surface area contributed by atoms with Gasteiger partial charge >= 0.3 is 0 Å². The Labute approximate surface area is 129 Å². The minimum absolute atomic E-state index is 0.257. The van der Waals surface area contributed by atoms with Crippen LogP contribution in [0.2, 0.25) is 5.02 Å². The number of benzene rings is 1. The zero-order chi connectivity index (χ0) is 14.4. The van der Waals surface area contributed by atoms with E-state index in [4.69, 9.17) is 28.6 Å². The van der Waals surface area contributed by atoms with Gasteiger partial charge in [-0.1, -0.05) is 23.7 Å². The molecule has 0 spiro atoms. The number of nitrogens with zero attached hydrogens (tertiary/aromatic N) is 1. The summed E-state index contributed by atoms with van der Waals surface area (Å²) in [4.78, 5) is 0. The van der Waals surface area contributed by atoms with Crippen molar-refractivity contribution in [2.75, 3.05) is 13.2 Å². The predicted molar refractivity (Wildman–Crippen MR) is 86.4 cm³/mol. The second-order valence-electron chi connectivity index (χ2n) is 4.66. The number of hydrazone groups is 1. The van der Waals surface area contributed by atoms with Crippen molar-refractivity contribution in [2.45, 2.75) is 25.9 Å². The molecule has 1 saturated heterocycles. The first-order valence-electron chi connectivity index (χ1n) is 6.61. The average molecular weight is 312 g/mol. The van der Waals surface area contributed by atoms with Crippen LogP contribution in [0.4, 0.5) is 0 Å². The van der Waals surface area contributed by atoms with Crippen molar-refractivity contribution in [2.24, 2.45) is 5.10 Å². The van der Waals surface area contributed by atoms with Gasteiger partial charge in [-0.3, -0.25) is 5.43 Å². The van der Waals surface area contributed by atoms with Gasteiger partial charge in [0.2, 0.25) is 0 Å². The molecular weight excluding hydrogens is 294 g/mol. The Morgan fingerprint density at radius 1 is 1.55 bits per heavy atom. The number of rotatable bonds is 4. The first-order valence-corrected chi connectivity index (χ1v) is 7.39. The van der Waals surface area contributed by atoms with Crippen LogP contribution in [0.1, 0.15) is 25.3 Å². The minimum atomic E-state index is 0.257. The number of nitrogens with one attached hydrogen (secondary N) is 2. The molecule has 0 unspecified atom stereocenters. The Balaban J connectivity index is 1.80. The summed E-state index contributed by atoms with van der Waals surface area (Å²) in [7, 11) is 0. The molecule has 1 atom stereocenters. The maximum Gasteiger partial charge on any atom is 0.187 e. The van der Waals surface area contributed by atoms with E-state index >= 15 is 0 Å². The molecule has 0 aromatic heterocycles. The van der Waals surface area contributed by atoms with E-state index in [1.807, 2.05) is 31.2 Å². The Bertz CT molecular complexity index is 501. The Kier molecular flexibility index (Phi) is 5.76. The van der Waals surface area contributed by atoms with Crippen molar-refractivity contribution in [1.82, 2.24) is 10.7 Å². The standard InChI is InChI=1S/C14H18ClN3OS/c1-10(11-4-2-5-12(15)8-11)17-18-14(20)16-9-13-6-3-7-19-13/h2,4-5,8,13H,3,6-7,9H2,1H3,(H2,16,18,20)/b17-10-/t13-/m1/s1. The quantitative estimate of drug-likeness (QED) is 0.510. The first kappa shape index (κ1) is 15.2. The van der Waals surface area contributed by atoms with Crippen molar-refractivity contribution in [3.63, 3.8) is 0 Å². The molecule has 1 aromatic carbocycles. The summed E-state index contributed by atoms with van der Waals surface area (Å²) in [5, 5.41) is 8.54. The molecule has 20 heavy (non-hydrogen) atoms. The van der Waals surface area contributed by atoms with Crippen LogP contribution in [-0.2, 0) is 4.74 Å². The molecular formula is C14H18ClN3OS. The fourth-order valence-corrected chi connectivity index (χ4v) is 2.28. The molecule has 1 aliphatic heterocycles. The number of hydrogen-bond donors (Lipinski definition) is 2. The third-order valence-electron chi connectivity index (χ3n) is 3.08. The Hall–Kier alpha value is -1.17. The van der Waals surface area contributed by atoms with Gasteiger partial charge in [0.15, 0.2) is 5.11 Å². The van der Waals surface area contributed by atoms with Crippen LogP contribution >= 0.6 is 23.8 Å². The maximum atomic E-state index is 5.95. The summed E-state index contributed by atoms with van der Waals surface area (Å²) < 4.78 is 5.51. The van der Waals surface area contributed by atoms with Crippen LogP contribution < -0.4 is 10.7 Å². The van der Waals surface area contributed by atoms with E-state index in [0.29, 0.717) is 10.1 Å². The number of thiocarbonyl (C=S) groups is 1. The summed E-state index contributed by atoms with van der Waals surface area (Å²) in [6, 6.07) is 7.55. The molecule has 0 radical (unpaired) electrons. The molecule has 1 aromatic rings. The molecule has 1 heterocycles. The Morgan fingerprint density at radius 2 is 2.40 bits per heavy atom. The average Bonchev–Trinajstić information content (AvgIpc) is 2.95. The molecule has 2 rings (SSSR count). The highest BCUT2D eigenvalue weighted by molar-refractivity contribution is 7.80. The van der Waals surface area contributed by atoms with Gasteiger partial charge in [-0.05, 0) is 49.7 Å². The molecule has 2 N–H and O–H groups in total. The highest BCUT2D eigenvalue weighted by atomic mass is 35.5.